The molecule has 1 aliphatic rings. The minimum atomic E-state index is 0. The number of benzene rings is 1. The summed E-state index contributed by atoms with van der Waals surface area (Å²) in [4.78, 5) is 8.77. The highest BCUT2D eigenvalue weighted by molar-refractivity contribution is 14.0. The van der Waals surface area contributed by atoms with Crippen LogP contribution in [0.4, 0.5) is 0 Å². The van der Waals surface area contributed by atoms with Crippen LogP contribution in [0.25, 0.3) is 10.9 Å². The number of hydrogen-bond donors (Lipinski definition) is 2. The number of pyridine rings is 1. The molecule has 2 heterocycles. The van der Waals surface area contributed by atoms with Gasteiger partial charge in [-0.3, -0.25) is 9.98 Å². The SMILES string of the molecule is I.c1ccc2c(CNC3=NCCCN3)ccnc2c1. The van der Waals surface area contributed by atoms with Crippen LogP contribution < -0.4 is 10.6 Å². The van der Waals surface area contributed by atoms with Gasteiger partial charge in [0.1, 0.15) is 0 Å². The lowest BCUT2D eigenvalue weighted by molar-refractivity contribution is 0.702. The Labute approximate surface area is 129 Å². The maximum atomic E-state index is 4.40. The molecule has 19 heavy (non-hydrogen) atoms. The lowest BCUT2D eigenvalue weighted by Crippen LogP contribution is -2.40. The van der Waals surface area contributed by atoms with Crippen LogP contribution >= 0.6 is 24.0 Å². The van der Waals surface area contributed by atoms with Crippen LogP contribution in [0.1, 0.15) is 12.0 Å². The zero-order valence-corrected chi connectivity index (χ0v) is 12.9. The molecule has 5 heteroatoms. The summed E-state index contributed by atoms with van der Waals surface area (Å²) in [7, 11) is 0. The first kappa shape index (κ1) is 14.0. The summed E-state index contributed by atoms with van der Waals surface area (Å²) in [6.45, 7) is 2.68. The van der Waals surface area contributed by atoms with Gasteiger partial charge in [-0.1, -0.05) is 18.2 Å². The van der Waals surface area contributed by atoms with Crippen molar-refractivity contribution in [2.45, 2.75) is 13.0 Å². The molecule has 0 spiro atoms. The second-order valence-corrected chi connectivity index (χ2v) is 4.35. The molecule has 0 atom stereocenters. The van der Waals surface area contributed by atoms with Crippen molar-refractivity contribution in [3.8, 4) is 0 Å². The number of aromatic nitrogens is 1. The highest BCUT2D eigenvalue weighted by Gasteiger charge is 2.05. The molecule has 0 aliphatic carbocycles. The van der Waals surface area contributed by atoms with Crippen molar-refractivity contribution in [2.24, 2.45) is 4.99 Å². The summed E-state index contributed by atoms with van der Waals surface area (Å²) in [6, 6.07) is 10.3. The second kappa shape index (κ2) is 6.70. The van der Waals surface area contributed by atoms with Crippen LogP contribution in [0, 0.1) is 0 Å². The molecule has 2 N–H and O–H groups in total. The second-order valence-electron chi connectivity index (χ2n) is 4.35. The fraction of sp³-hybridized carbons (Fsp3) is 0.286. The van der Waals surface area contributed by atoms with Gasteiger partial charge in [0.2, 0.25) is 0 Å². The van der Waals surface area contributed by atoms with E-state index in [4.69, 9.17) is 0 Å². The average molecular weight is 368 g/mol. The van der Waals surface area contributed by atoms with E-state index in [-0.39, 0.29) is 24.0 Å². The van der Waals surface area contributed by atoms with Crippen molar-refractivity contribution >= 4 is 40.8 Å². The van der Waals surface area contributed by atoms with E-state index in [1.165, 1.54) is 10.9 Å². The minimum Gasteiger partial charge on any atom is -0.356 e. The summed E-state index contributed by atoms with van der Waals surface area (Å²) in [5.41, 5.74) is 2.28. The number of hydrogen-bond acceptors (Lipinski definition) is 4. The number of nitrogens with zero attached hydrogens (tertiary/aromatic N) is 2. The van der Waals surface area contributed by atoms with Gasteiger partial charge in [-0.15, -0.1) is 24.0 Å². The van der Waals surface area contributed by atoms with Gasteiger partial charge in [-0.25, -0.2) is 0 Å². The largest absolute Gasteiger partial charge is 0.356 e. The average Bonchev–Trinajstić information content (AvgIpc) is 2.46. The molecular formula is C14H17IN4. The van der Waals surface area contributed by atoms with Crippen LogP contribution in [-0.2, 0) is 6.54 Å². The van der Waals surface area contributed by atoms with Crippen LogP contribution in [0.5, 0.6) is 0 Å². The molecule has 100 valence electrons. The van der Waals surface area contributed by atoms with Crippen molar-refractivity contribution in [3.05, 3.63) is 42.1 Å². The molecule has 0 radical (unpaired) electrons. The maximum absolute atomic E-state index is 4.40. The third kappa shape index (κ3) is 3.34. The Morgan fingerprint density at radius 2 is 2.11 bits per heavy atom. The van der Waals surface area contributed by atoms with E-state index in [2.05, 4.69) is 32.7 Å². The number of guanidine groups is 1. The first-order chi connectivity index (χ1) is 8.93. The van der Waals surface area contributed by atoms with E-state index in [0.29, 0.717) is 0 Å². The molecule has 1 aliphatic heterocycles. The van der Waals surface area contributed by atoms with Crippen molar-refractivity contribution in [3.63, 3.8) is 0 Å². The maximum Gasteiger partial charge on any atom is 0.191 e. The third-order valence-corrected chi connectivity index (χ3v) is 3.08. The monoisotopic (exact) mass is 368 g/mol. The van der Waals surface area contributed by atoms with Gasteiger partial charge < -0.3 is 10.6 Å². The van der Waals surface area contributed by atoms with E-state index < -0.39 is 0 Å². The van der Waals surface area contributed by atoms with Crippen LogP contribution in [0.15, 0.2) is 41.5 Å². The predicted octanol–water partition coefficient (Wildman–Crippen LogP) is 2.29. The Balaban J connectivity index is 0.00000133. The molecule has 0 saturated carbocycles. The van der Waals surface area contributed by atoms with Crippen LogP contribution in [0.3, 0.4) is 0 Å². The minimum absolute atomic E-state index is 0. The molecule has 0 bridgehead atoms. The lowest BCUT2D eigenvalue weighted by Gasteiger charge is -2.16. The van der Waals surface area contributed by atoms with E-state index in [1.807, 2.05) is 24.4 Å². The van der Waals surface area contributed by atoms with Gasteiger partial charge in [-0.05, 0) is 24.1 Å². The molecular weight excluding hydrogens is 351 g/mol. The van der Waals surface area contributed by atoms with Crippen LogP contribution in [-0.4, -0.2) is 24.0 Å². The van der Waals surface area contributed by atoms with Crippen molar-refractivity contribution in [1.29, 1.82) is 0 Å². The molecule has 0 unspecified atom stereocenters. The number of nitrogens with one attached hydrogen (secondary N) is 2. The molecule has 3 rings (SSSR count). The number of fused-ring (bicyclic) bond motifs is 1. The summed E-state index contributed by atoms with van der Waals surface area (Å²) < 4.78 is 0. The molecule has 1 aromatic heterocycles. The highest BCUT2D eigenvalue weighted by Crippen LogP contribution is 2.15. The zero-order chi connectivity index (χ0) is 12.2. The molecule has 4 nitrogen and oxygen atoms in total. The van der Waals surface area contributed by atoms with E-state index in [9.17, 15) is 0 Å². The summed E-state index contributed by atoms with van der Waals surface area (Å²) in [6.07, 6.45) is 2.97. The normalized spacial score (nSPS) is 14.2. The molecule has 2 aromatic rings. The van der Waals surface area contributed by atoms with Crippen LogP contribution in [0.2, 0.25) is 0 Å². The summed E-state index contributed by atoms with van der Waals surface area (Å²) >= 11 is 0. The molecule has 1 aromatic carbocycles. The molecule has 0 fully saturated rings. The number of halogens is 1. The predicted molar refractivity (Wildman–Crippen MR) is 88.9 cm³/mol. The molecule has 0 saturated heterocycles. The van der Waals surface area contributed by atoms with Gasteiger partial charge >= 0.3 is 0 Å². The summed E-state index contributed by atoms with van der Waals surface area (Å²) in [5.74, 6) is 0.905. The third-order valence-electron chi connectivity index (χ3n) is 3.08. The van der Waals surface area contributed by atoms with Gasteiger partial charge in [0.25, 0.3) is 0 Å². The van der Waals surface area contributed by atoms with Crippen molar-refractivity contribution < 1.29 is 0 Å². The fourth-order valence-electron chi connectivity index (χ4n) is 2.14. The highest BCUT2D eigenvalue weighted by atomic mass is 127. The quantitative estimate of drug-likeness (QED) is 0.800. The number of para-hydroxylation sites is 1. The van der Waals surface area contributed by atoms with E-state index in [1.54, 1.807) is 0 Å². The smallest absolute Gasteiger partial charge is 0.191 e. The van der Waals surface area contributed by atoms with E-state index >= 15 is 0 Å². The number of aliphatic imine (C=N–C) groups is 1. The standard InChI is InChI=1S/C14H16N4.HI/c1-2-5-13-12(4-1)11(6-9-15-13)10-18-14-16-7-3-8-17-14;/h1-2,4-6,9H,3,7-8,10H2,(H2,16,17,18);1H. The number of rotatable bonds is 2. The van der Waals surface area contributed by atoms with Gasteiger partial charge in [0.15, 0.2) is 5.96 Å². The lowest BCUT2D eigenvalue weighted by atomic mass is 10.1. The fourth-order valence-corrected chi connectivity index (χ4v) is 2.14. The Bertz CT molecular complexity index is 577. The Kier molecular flexibility index (Phi) is 4.95. The first-order valence-corrected chi connectivity index (χ1v) is 6.28. The first-order valence-electron chi connectivity index (χ1n) is 6.28. The summed E-state index contributed by atoms with van der Waals surface area (Å²) in [5, 5.41) is 7.80. The van der Waals surface area contributed by atoms with Gasteiger partial charge in [-0.2, -0.15) is 0 Å². The van der Waals surface area contributed by atoms with E-state index in [0.717, 1.165) is 37.5 Å². The van der Waals surface area contributed by atoms with Crippen molar-refractivity contribution in [1.82, 2.24) is 15.6 Å². The zero-order valence-electron chi connectivity index (χ0n) is 10.6. The topological polar surface area (TPSA) is 49.3 Å². The molecule has 0 amide bonds. The van der Waals surface area contributed by atoms with Gasteiger partial charge in [0.05, 0.1) is 5.52 Å². The van der Waals surface area contributed by atoms with Gasteiger partial charge in [0, 0.05) is 31.2 Å². The Morgan fingerprint density at radius 1 is 1.21 bits per heavy atom. The Morgan fingerprint density at radius 3 is 2.95 bits per heavy atom. The van der Waals surface area contributed by atoms with Crippen molar-refractivity contribution in [2.75, 3.05) is 13.1 Å². The Hall–Kier alpha value is -1.37.